The molecule has 29 heavy (non-hydrogen) atoms. The van der Waals surface area contributed by atoms with Crippen LogP contribution in [0.5, 0.6) is 0 Å². The van der Waals surface area contributed by atoms with Gasteiger partial charge >= 0.3 is 0 Å². The van der Waals surface area contributed by atoms with E-state index in [4.69, 9.17) is 0 Å². The monoisotopic (exact) mass is 406 g/mol. The average molecular weight is 406 g/mol. The molecule has 0 unspecified atom stereocenters. The van der Waals surface area contributed by atoms with Crippen molar-refractivity contribution >= 4 is 34.2 Å². The Kier molecular flexibility index (Phi) is 5.18. The highest BCUT2D eigenvalue weighted by Gasteiger charge is 2.42. The Morgan fingerprint density at radius 2 is 1.62 bits per heavy atom. The van der Waals surface area contributed by atoms with Gasteiger partial charge in [0, 0.05) is 6.42 Å². The molecule has 3 amide bonds. The summed E-state index contributed by atoms with van der Waals surface area (Å²) < 4.78 is 0. The molecule has 0 spiro atoms. The second-order valence-corrected chi connectivity index (χ2v) is 7.64. The molecule has 0 saturated carbocycles. The summed E-state index contributed by atoms with van der Waals surface area (Å²) in [4.78, 5) is 40.1. The number of hydrogen-bond acceptors (Lipinski definition) is 6. The zero-order chi connectivity index (χ0) is 20.4. The van der Waals surface area contributed by atoms with Gasteiger partial charge in [0.05, 0.1) is 11.1 Å². The maximum atomic E-state index is 13.1. The summed E-state index contributed by atoms with van der Waals surface area (Å²) in [5, 5.41) is 11.8. The number of hydrogen-bond donors (Lipinski definition) is 1. The van der Waals surface area contributed by atoms with E-state index in [1.54, 1.807) is 24.3 Å². The van der Waals surface area contributed by atoms with E-state index in [2.05, 4.69) is 15.5 Å². The zero-order valence-corrected chi connectivity index (χ0v) is 16.5. The first kappa shape index (κ1) is 18.9. The second kappa shape index (κ2) is 7.92. The second-order valence-electron chi connectivity index (χ2n) is 6.58. The molecule has 1 atom stereocenters. The van der Waals surface area contributed by atoms with Crippen molar-refractivity contribution in [2.24, 2.45) is 0 Å². The fourth-order valence-electron chi connectivity index (χ4n) is 3.27. The van der Waals surface area contributed by atoms with Crippen LogP contribution in [0, 0.1) is 0 Å². The van der Waals surface area contributed by atoms with E-state index in [1.807, 2.05) is 37.3 Å². The number of nitrogens with one attached hydrogen (secondary N) is 1. The van der Waals surface area contributed by atoms with E-state index in [0.29, 0.717) is 22.7 Å². The van der Waals surface area contributed by atoms with Crippen LogP contribution in [-0.2, 0) is 17.6 Å². The molecule has 4 rings (SSSR count). The maximum Gasteiger partial charge on any atom is 0.262 e. The molecule has 0 fully saturated rings. The Morgan fingerprint density at radius 3 is 2.21 bits per heavy atom. The number of aromatic nitrogens is 2. The van der Waals surface area contributed by atoms with Crippen molar-refractivity contribution in [2.45, 2.75) is 25.8 Å². The van der Waals surface area contributed by atoms with Crippen LogP contribution in [0.15, 0.2) is 54.6 Å². The van der Waals surface area contributed by atoms with Gasteiger partial charge in [0.15, 0.2) is 0 Å². The quantitative estimate of drug-likeness (QED) is 0.636. The highest BCUT2D eigenvalue weighted by Crippen LogP contribution is 2.27. The van der Waals surface area contributed by atoms with Crippen LogP contribution in [0.25, 0.3) is 0 Å². The van der Waals surface area contributed by atoms with Gasteiger partial charge < -0.3 is 0 Å². The third kappa shape index (κ3) is 3.66. The lowest BCUT2D eigenvalue weighted by molar-refractivity contribution is -0.119. The van der Waals surface area contributed by atoms with Crippen molar-refractivity contribution in [3.8, 4) is 0 Å². The van der Waals surface area contributed by atoms with Crippen LogP contribution in [0.4, 0.5) is 5.13 Å². The van der Waals surface area contributed by atoms with Crippen LogP contribution >= 0.6 is 11.3 Å². The molecule has 2 heterocycles. The van der Waals surface area contributed by atoms with E-state index in [-0.39, 0.29) is 6.42 Å². The number of imide groups is 1. The number of carbonyl (C=O) groups is 3. The molecule has 2 aromatic carbocycles. The van der Waals surface area contributed by atoms with Gasteiger partial charge in [0.1, 0.15) is 11.0 Å². The predicted octanol–water partition coefficient (Wildman–Crippen LogP) is 2.95. The van der Waals surface area contributed by atoms with Crippen LogP contribution in [0.1, 0.15) is 38.2 Å². The predicted molar refractivity (Wildman–Crippen MR) is 109 cm³/mol. The Morgan fingerprint density at radius 1 is 1.00 bits per heavy atom. The topological polar surface area (TPSA) is 92.3 Å². The van der Waals surface area contributed by atoms with E-state index in [9.17, 15) is 14.4 Å². The van der Waals surface area contributed by atoms with Crippen molar-refractivity contribution < 1.29 is 14.4 Å². The molecule has 146 valence electrons. The standard InChI is InChI=1S/C21H18N4O3S/c1-2-17-23-24-21(29-17)22-18(26)16(12-13-8-4-3-5-9-13)25-19(27)14-10-6-7-11-15(14)20(25)28/h3-11,16H,2,12H2,1H3,(H,22,24,26)/t16-/m1/s1. The lowest BCUT2D eigenvalue weighted by Gasteiger charge is -2.25. The number of anilines is 1. The van der Waals surface area contributed by atoms with Crippen molar-refractivity contribution in [3.05, 3.63) is 76.3 Å². The third-order valence-corrected chi connectivity index (χ3v) is 5.69. The number of amides is 3. The molecule has 7 nitrogen and oxygen atoms in total. The van der Waals surface area contributed by atoms with Gasteiger partial charge in [-0.05, 0) is 24.1 Å². The van der Waals surface area contributed by atoms with Gasteiger partial charge in [-0.1, -0.05) is 60.7 Å². The average Bonchev–Trinajstić information content (AvgIpc) is 3.30. The molecule has 0 radical (unpaired) electrons. The lowest BCUT2D eigenvalue weighted by atomic mass is 10.0. The summed E-state index contributed by atoms with van der Waals surface area (Å²) >= 11 is 1.27. The van der Waals surface area contributed by atoms with Gasteiger partial charge in [0.2, 0.25) is 11.0 Å². The number of rotatable bonds is 6. The van der Waals surface area contributed by atoms with E-state index in [0.717, 1.165) is 15.5 Å². The third-order valence-electron chi connectivity index (χ3n) is 4.71. The minimum atomic E-state index is -1.00. The molecule has 3 aromatic rings. The molecule has 1 N–H and O–H groups in total. The van der Waals surface area contributed by atoms with Crippen LogP contribution in [0.3, 0.4) is 0 Å². The fraction of sp³-hybridized carbons (Fsp3) is 0.190. The molecule has 0 saturated heterocycles. The first-order valence-electron chi connectivity index (χ1n) is 9.22. The smallest absolute Gasteiger partial charge is 0.262 e. The summed E-state index contributed by atoms with van der Waals surface area (Å²) in [7, 11) is 0. The normalized spacial score (nSPS) is 14.0. The lowest BCUT2D eigenvalue weighted by Crippen LogP contribution is -2.48. The van der Waals surface area contributed by atoms with Gasteiger partial charge in [-0.2, -0.15) is 0 Å². The Balaban J connectivity index is 1.66. The number of nitrogens with zero attached hydrogens (tertiary/aromatic N) is 3. The summed E-state index contributed by atoms with van der Waals surface area (Å²) in [6, 6.07) is 14.9. The summed E-state index contributed by atoms with van der Waals surface area (Å²) in [5.41, 5.74) is 1.47. The summed E-state index contributed by atoms with van der Waals surface area (Å²) in [5.74, 6) is -1.40. The highest BCUT2D eigenvalue weighted by molar-refractivity contribution is 7.15. The van der Waals surface area contributed by atoms with Gasteiger partial charge in [-0.25, -0.2) is 0 Å². The number of aryl methyl sites for hydroxylation is 1. The highest BCUT2D eigenvalue weighted by atomic mass is 32.1. The van der Waals surface area contributed by atoms with Gasteiger partial charge in [-0.15, -0.1) is 10.2 Å². The van der Waals surface area contributed by atoms with Crippen LogP contribution < -0.4 is 5.32 Å². The van der Waals surface area contributed by atoms with Crippen molar-refractivity contribution in [1.82, 2.24) is 15.1 Å². The maximum absolute atomic E-state index is 13.1. The van der Waals surface area contributed by atoms with Crippen molar-refractivity contribution in [3.63, 3.8) is 0 Å². The zero-order valence-electron chi connectivity index (χ0n) is 15.7. The number of fused-ring (bicyclic) bond motifs is 1. The van der Waals surface area contributed by atoms with Crippen molar-refractivity contribution in [2.75, 3.05) is 5.32 Å². The van der Waals surface area contributed by atoms with Gasteiger partial charge in [0.25, 0.3) is 11.8 Å². The Bertz CT molecular complexity index is 1050. The summed E-state index contributed by atoms with van der Waals surface area (Å²) in [6.45, 7) is 1.95. The fourth-order valence-corrected chi connectivity index (χ4v) is 3.95. The first-order chi connectivity index (χ1) is 14.1. The largest absolute Gasteiger partial charge is 0.299 e. The SMILES string of the molecule is CCc1nnc(NC(=O)[C@@H](Cc2ccccc2)N2C(=O)c3ccccc3C2=O)s1. The molecular weight excluding hydrogens is 388 g/mol. The Hall–Kier alpha value is -3.39. The molecule has 0 aliphatic carbocycles. The van der Waals surface area contributed by atoms with E-state index < -0.39 is 23.8 Å². The summed E-state index contributed by atoms with van der Waals surface area (Å²) in [6.07, 6.45) is 0.914. The minimum Gasteiger partial charge on any atom is -0.299 e. The van der Waals surface area contributed by atoms with Crippen LogP contribution in [0.2, 0.25) is 0 Å². The molecule has 1 aromatic heterocycles. The first-order valence-corrected chi connectivity index (χ1v) is 10.0. The molecule has 1 aliphatic rings. The van der Waals surface area contributed by atoms with Crippen LogP contribution in [-0.4, -0.2) is 38.9 Å². The minimum absolute atomic E-state index is 0.206. The molecule has 0 bridgehead atoms. The van der Waals surface area contributed by atoms with E-state index >= 15 is 0 Å². The van der Waals surface area contributed by atoms with E-state index in [1.165, 1.54) is 11.3 Å². The Labute approximate surface area is 171 Å². The molecule has 8 heteroatoms. The number of carbonyl (C=O) groups excluding carboxylic acids is 3. The molecule has 1 aliphatic heterocycles. The molecular formula is C21H18N4O3S. The van der Waals surface area contributed by atoms with Gasteiger partial charge in [-0.3, -0.25) is 24.6 Å². The van der Waals surface area contributed by atoms with Crippen molar-refractivity contribution in [1.29, 1.82) is 0 Å². The number of benzene rings is 2.